The zero-order chi connectivity index (χ0) is 31.6. The van der Waals surface area contributed by atoms with Crippen LogP contribution < -0.4 is 15.6 Å². The van der Waals surface area contributed by atoms with E-state index in [0.717, 1.165) is 37.2 Å². The summed E-state index contributed by atoms with van der Waals surface area (Å²) >= 11 is 6.22. The number of imidazole rings is 1. The predicted molar refractivity (Wildman–Crippen MR) is 173 cm³/mol. The summed E-state index contributed by atoms with van der Waals surface area (Å²) < 4.78 is 0. The number of urea groups is 1. The lowest BCUT2D eigenvalue weighted by molar-refractivity contribution is -0.347. The van der Waals surface area contributed by atoms with E-state index in [2.05, 4.69) is 35.5 Å². The van der Waals surface area contributed by atoms with Crippen LogP contribution in [-0.4, -0.2) is 110 Å². The number of rotatable bonds is 7. The number of aromatic nitrogens is 4. The summed E-state index contributed by atoms with van der Waals surface area (Å²) in [6.07, 6.45) is 8.63. The Balaban J connectivity index is 1.02. The van der Waals surface area contributed by atoms with Crippen LogP contribution >= 0.6 is 11.6 Å². The van der Waals surface area contributed by atoms with Crippen LogP contribution in [0, 0.1) is 0 Å². The number of hydrogen-bond acceptors (Lipinski definition) is 7. The number of aromatic amines is 2. The third kappa shape index (κ3) is 6.48. The van der Waals surface area contributed by atoms with E-state index >= 15 is 0 Å². The van der Waals surface area contributed by atoms with Crippen LogP contribution in [0.15, 0.2) is 30.6 Å². The summed E-state index contributed by atoms with van der Waals surface area (Å²) in [6.45, 7) is 5.20. The van der Waals surface area contributed by atoms with Crippen molar-refractivity contribution in [2.75, 3.05) is 49.9 Å². The van der Waals surface area contributed by atoms with Gasteiger partial charge in [0, 0.05) is 50.5 Å². The lowest BCUT2D eigenvalue weighted by Crippen LogP contribution is -2.53. The fourth-order valence-corrected chi connectivity index (χ4v) is 7.69. The number of H-pyrrole nitrogens is 2. The number of carbonyl (C=O) groups excluding carboxylic acids is 3. The largest absolute Gasteiger partial charge is 0.355 e. The first kappa shape index (κ1) is 30.7. The number of piperidine rings is 3. The van der Waals surface area contributed by atoms with Gasteiger partial charge >= 0.3 is 17.0 Å². The SMILES string of the molecule is O=C(CC(Nc1nc(Cl)nc2[nH+]c[nH]c12)C(=O)N1CCC(N2CCCCC2)CC1)N1CCC(N2Cc3ccccc3NC2=O)CC1. The molecule has 3 saturated heterocycles. The number of hydrogen-bond donors (Lipinski definition) is 3. The molecular formula is C32H42ClN10O3+. The Kier molecular flexibility index (Phi) is 8.94. The average molecular weight is 650 g/mol. The van der Waals surface area contributed by atoms with Crippen molar-refractivity contribution in [2.45, 2.75) is 76.0 Å². The van der Waals surface area contributed by atoms with Crippen LogP contribution in [0.4, 0.5) is 16.3 Å². The van der Waals surface area contributed by atoms with E-state index < -0.39 is 6.04 Å². The number of fused-ring (bicyclic) bond motifs is 2. The average Bonchev–Trinajstić information content (AvgIpc) is 3.57. The fraction of sp³-hybridized carbons (Fsp3) is 0.562. The molecule has 14 heteroatoms. The van der Waals surface area contributed by atoms with Gasteiger partial charge in [-0.3, -0.25) is 14.6 Å². The van der Waals surface area contributed by atoms with Gasteiger partial charge in [0.05, 0.1) is 6.42 Å². The molecule has 4 N–H and O–H groups in total. The van der Waals surface area contributed by atoms with Crippen LogP contribution in [0.3, 0.4) is 0 Å². The van der Waals surface area contributed by atoms with Gasteiger partial charge in [-0.05, 0) is 74.8 Å². The minimum absolute atomic E-state index is 0.0132. The maximum atomic E-state index is 14.1. The second-order valence-corrected chi connectivity index (χ2v) is 13.2. The molecule has 1 unspecified atom stereocenters. The first-order valence-electron chi connectivity index (χ1n) is 16.6. The quantitative estimate of drug-likeness (QED) is 0.334. The van der Waals surface area contributed by atoms with Crippen LogP contribution in [0.1, 0.15) is 56.9 Å². The Hall–Kier alpha value is -3.97. The second-order valence-electron chi connectivity index (χ2n) is 12.9. The molecule has 0 radical (unpaired) electrons. The Morgan fingerprint density at radius 2 is 1.67 bits per heavy atom. The summed E-state index contributed by atoms with van der Waals surface area (Å²) in [7, 11) is 0. The number of anilines is 2. The van der Waals surface area contributed by atoms with Gasteiger partial charge in [0.2, 0.25) is 17.3 Å². The normalized spacial score (nSPS) is 20.8. The Labute approximate surface area is 273 Å². The van der Waals surface area contributed by atoms with Crippen molar-refractivity contribution >= 4 is 52.1 Å². The molecule has 4 aliphatic heterocycles. The third-order valence-electron chi connectivity index (χ3n) is 10.1. The van der Waals surface area contributed by atoms with Gasteiger partial charge in [0.25, 0.3) is 0 Å². The van der Waals surface area contributed by atoms with E-state index in [9.17, 15) is 14.4 Å². The highest BCUT2D eigenvalue weighted by atomic mass is 35.5. The van der Waals surface area contributed by atoms with Gasteiger partial charge < -0.3 is 30.2 Å². The van der Waals surface area contributed by atoms with Crippen LogP contribution in [0.2, 0.25) is 5.28 Å². The van der Waals surface area contributed by atoms with Crippen molar-refractivity contribution in [3.8, 4) is 0 Å². The molecule has 1 aromatic carbocycles. The van der Waals surface area contributed by atoms with Crippen molar-refractivity contribution in [3.63, 3.8) is 0 Å². The lowest BCUT2D eigenvalue weighted by atomic mass is 9.98. The number of para-hydroxylation sites is 1. The highest BCUT2D eigenvalue weighted by molar-refractivity contribution is 6.28. The molecule has 3 aromatic rings. The molecule has 2 aromatic heterocycles. The smallest absolute Gasteiger partial charge is 0.322 e. The topological polar surface area (TPSA) is 144 Å². The fourth-order valence-electron chi connectivity index (χ4n) is 7.52. The monoisotopic (exact) mass is 649 g/mol. The van der Waals surface area contributed by atoms with Crippen LogP contribution in [0.5, 0.6) is 0 Å². The van der Waals surface area contributed by atoms with Crippen LogP contribution in [0.25, 0.3) is 11.2 Å². The minimum Gasteiger partial charge on any atom is -0.355 e. The minimum atomic E-state index is -0.821. The highest BCUT2D eigenvalue weighted by Crippen LogP contribution is 2.29. The molecular weight excluding hydrogens is 608 g/mol. The lowest BCUT2D eigenvalue weighted by Gasteiger charge is -2.41. The van der Waals surface area contributed by atoms with E-state index in [4.69, 9.17) is 11.6 Å². The number of nitrogens with zero attached hydrogens (tertiary/aromatic N) is 6. The Bertz CT molecular complexity index is 1580. The summed E-state index contributed by atoms with van der Waals surface area (Å²) in [4.78, 5) is 63.6. The van der Waals surface area contributed by atoms with Crippen molar-refractivity contribution < 1.29 is 19.4 Å². The molecule has 244 valence electrons. The second kappa shape index (κ2) is 13.4. The molecule has 1 atom stereocenters. The maximum Gasteiger partial charge on any atom is 0.322 e. The molecule has 7 rings (SSSR count). The Morgan fingerprint density at radius 3 is 2.46 bits per heavy atom. The first-order valence-corrected chi connectivity index (χ1v) is 17.0. The van der Waals surface area contributed by atoms with Gasteiger partial charge in [0.1, 0.15) is 6.04 Å². The van der Waals surface area contributed by atoms with E-state index in [0.29, 0.717) is 68.6 Å². The molecule has 13 nitrogen and oxygen atoms in total. The number of halogens is 1. The first-order chi connectivity index (χ1) is 22.4. The van der Waals surface area contributed by atoms with E-state index in [1.54, 1.807) is 6.33 Å². The van der Waals surface area contributed by atoms with E-state index in [1.807, 2.05) is 39.0 Å². The van der Waals surface area contributed by atoms with Crippen molar-refractivity contribution in [1.82, 2.24) is 34.6 Å². The van der Waals surface area contributed by atoms with Crippen molar-refractivity contribution in [1.29, 1.82) is 0 Å². The van der Waals surface area contributed by atoms with E-state index in [-0.39, 0.29) is 35.6 Å². The van der Waals surface area contributed by atoms with Gasteiger partial charge in [0.15, 0.2) is 12.1 Å². The summed E-state index contributed by atoms with van der Waals surface area (Å²) in [5, 5.41) is 6.31. The van der Waals surface area contributed by atoms with Gasteiger partial charge in [-0.15, -0.1) is 0 Å². The summed E-state index contributed by atoms with van der Waals surface area (Å²) in [5.41, 5.74) is 3.04. The zero-order valence-corrected chi connectivity index (χ0v) is 26.8. The number of nitrogens with one attached hydrogen (secondary N) is 4. The van der Waals surface area contributed by atoms with Gasteiger partial charge in [-0.25, -0.2) is 9.78 Å². The van der Waals surface area contributed by atoms with Crippen LogP contribution in [-0.2, 0) is 16.1 Å². The van der Waals surface area contributed by atoms with Crippen molar-refractivity contribution in [2.24, 2.45) is 0 Å². The number of benzene rings is 1. The zero-order valence-electron chi connectivity index (χ0n) is 26.0. The van der Waals surface area contributed by atoms with Gasteiger partial charge in [-0.2, -0.15) is 4.98 Å². The number of amides is 4. The number of likely N-dealkylation sites (tertiary alicyclic amines) is 3. The molecule has 0 aliphatic carbocycles. The maximum absolute atomic E-state index is 14.1. The predicted octanol–water partition coefficient (Wildman–Crippen LogP) is 3.11. The van der Waals surface area contributed by atoms with E-state index in [1.165, 1.54) is 19.3 Å². The van der Waals surface area contributed by atoms with Gasteiger partial charge in [-0.1, -0.05) is 29.6 Å². The van der Waals surface area contributed by atoms with Crippen molar-refractivity contribution in [3.05, 3.63) is 41.4 Å². The molecule has 4 amide bonds. The highest BCUT2D eigenvalue weighted by Gasteiger charge is 2.36. The standard InChI is InChI=1S/C32H41ClN10O3/c33-31-38-28-27(34-20-35-28)29(39-31)36-25(30(45)42-16-8-22(9-17-42)40-12-4-1-5-13-40)18-26(44)41-14-10-23(11-15-41)43-19-21-6-2-3-7-24(21)37-32(43)46/h2-3,6-7,20,22-23,25H,1,4-5,8-19H2,(H,37,46)(H2,34,35,36,38,39)/p+1. The summed E-state index contributed by atoms with van der Waals surface area (Å²) in [5.74, 6) is 0.165. The third-order valence-corrected chi connectivity index (χ3v) is 10.3. The molecule has 0 bridgehead atoms. The number of carbonyl (C=O) groups is 3. The molecule has 46 heavy (non-hydrogen) atoms. The molecule has 0 saturated carbocycles. The summed E-state index contributed by atoms with van der Waals surface area (Å²) in [6, 6.07) is 7.47. The molecule has 0 spiro atoms. The molecule has 6 heterocycles. The molecule has 4 aliphatic rings. The Morgan fingerprint density at radius 1 is 0.957 bits per heavy atom. The molecule has 3 fully saturated rings.